The number of hydrogen-bond donors (Lipinski definition) is 2. The van der Waals surface area contributed by atoms with E-state index in [0.717, 1.165) is 57.7 Å². The van der Waals surface area contributed by atoms with Crippen molar-refractivity contribution in [3.05, 3.63) is 35.4 Å². The van der Waals surface area contributed by atoms with E-state index in [1.807, 2.05) is 0 Å². The van der Waals surface area contributed by atoms with E-state index in [4.69, 9.17) is 4.74 Å². The molecule has 1 aromatic carbocycles. The molecule has 3 rings (SSSR count). The summed E-state index contributed by atoms with van der Waals surface area (Å²) in [5.41, 5.74) is 0.377. The molecular weight excluding hydrogens is 350 g/mol. The smallest absolute Gasteiger partial charge is 0.191 e. The SMILES string of the molecule is CN=C(NCCc1cc(F)ccc1F)NC1CCN(CC2CCOC2)CC1. The molecule has 27 heavy (non-hydrogen) atoms. The van der Waals surface area contributed by atoms with E-state index < -0.39 is 5.82 Å². The van der Waals surface area contributed by atoms with Crippen molar-refractivity contribution in [2.24, 2.45) is 10.9 Å². The second-order valence-electron chi connectivity index (χ2n) is 7.43. The predicted octanol–water partition coefficient (Wildman–Crippen LogP) is 2.17. The monoisotopic (exact) mass is 380 g/mol. The maximum Gasteiger partial charge on any atom is 0.191 e. The van der Waals surface area contributed by atoms with Crippen LogP contribution in [0.4, 0.5) is 8.78 Å². The second kappa shape index (κ2) is 9.99. The number of nitrogens with one attached hydrogen (secondary N) is 2. The van der Waals surface area contributed by atoms with Gasteiger partial charge in [-0.2, -0.15) is 0 Å². The van der Waals surface area contributed by atoms with E-state index in [-0.39, 0.29) is 5.82 Å². The van der Waals surface area contributed by atoms with Gasteiger partial charge in [0, 0.05) is 45.9 Å². The van der Waals surface area contributed by atoms with Gasteiger partial charge >= 0.3 is 0 Å². The predicted molar refractivity (Wildman–Crippen MR) is 103 cm³/mol. The average Bonchev–Trinajstić information content (AvgIpc) is 3.18. The van der Waals surface area contributed by atoms with E-state index in [1.165, 1.54) is 18.6 Å². The lowest BCUT2D eigenvalue weighted by atomic mass is 10.0. The Morgan fingerprint density at radius 3 is 2.78 bits per heavy atom. The van der Waals surface area contributed by atoms with Crippen molar-refractivity contribution in [1.29, 1.82) is 0 Å². The number of ether oxygens (including phenoxy) is 1. The highest BCUT2D eigenvalue weighted by atomic mass is 19.1. The molecule has 2 saturated heterocycles. The molecular formula is C20H30F2N4O. The maximum absolute atomic E-state index is 13.7. The minimum atomic E-state index is -0.412. The first-order valence-corrected chi connectivity index (χ1v) is 9.85. The van der Waals surface area contributed by atoms with Gasteiger partial charge in [-0.3, -0.25) is 4.99 Å². The third kappa shape index (κ3) is 6.14. The van der Waals surface area contributed by atoms with E-state index in [1.54, 1.807) is 7.05 Å². The van der Waals surface area contributed by atoms with Gasteiger partial charge in [0.25, 0.3) is 0 Å². The molecule has 0 aliphatic carbocycles. The first kappa shape index (κ1) is 20.0. The minimum absolute atomic E-state index is 0.374. The van der Waals surface area contributed by atoms with E-state index >= 15 is 0 Å². The molecule has 0 saturated carbocycles. The number of halogens is 2. The number of guanidine groups is 1. The summed E-state index contributed by atoms with van der Waals surface area (Å²) in [6.07, 6.45) is 3.74. The second-order valence-corrected chi connectivity index (χ2v) is 7.43. The van der Waals surface area contributed by atoms with Crippen molar-refractivity contribution in [2.45, 2.75) is 31.7 Å². The minimum Gasteiger partial charge on any atom is -0.381 e. The van der Waals surface area contributed by atoms with Gasteiger partial charge in [-0.25, -0.2) is 8.78 Å². The van der Waals surface area contributed by atoms with Gasteiger partial charge in [-0.15, -0.1) is 0 Å². The zero-order valence-electron chi connectivity index (χ0n) is 16.0. The molecule has 2 fully saturated rings. The summed E-state index contributed by atoms with van der Waals surface area (Å²) < 4.78 is 32.4. The molecule has 150 valence electrons. The lowest BCUT2D eigenvalue weighted by Crippen LogP contribution is -2.49. The number of benzene rings is 1. The number of hydrogen-bond acceptors (Lipinski definition) is 3. The summed E-state index contributed by atoms with van der Waals surface area (Å²) >= 11 is 0. The Labute approximate surface area is 160 Å². The topological polar surface area (TPSA) is 48.9 Å². The molecule has 2 aliphatic rings. The van der Waals surface area contributed by atoms with Crippen LogP contribution in [0.1, 0.15) is 24.8 Å². The van der Waals surface area contributed by atoms with Crippen LogP contribution >= 0.6 is 0 Å². The number of likely N-dealkylation sites (tertiary alicyclic amines) is 1. The van der Waals surface area contributed by atoms with Gasteiger partial charge in [0.2, 0.25) is 0 Å². The summed E-state index contributed by atoms with van der Waals surface area (Å²) in [5, 5.41) is 6.65. The van der Waals surface area contributed by atoms with Crippen molar-refractivity contribution < 1.29 is 13.5 Å². The fourth-order valence-electron chi connectivity index (χ4n) is 3.79. The maximum atomic E-state index is 13.7. The van der Waals surface area contributed by atoms with Crippen LogP contribution in [-0.2, 0) is 11.2 Å². The van der Waals surface area contributed by atoms with Crippen LogP contribution in [0.3, 0.4) is 0 Å². The lowest BCUT2D eigenvalue weighted by Gasteiger charge is -2.34. The zero-order chi connectivity index (χ0) is 19.1. The fourth-order valence-corrected chi connectivity index (χ4v) is 3.79. The molecule has 2 N–H and O–H groups in total. The summed E-state index contributed by atoms with van der Waals surface area (Å²) in [6, 6.07) is 3.94. The van der Waals surface area contributed by atoms with Gasteiger partial charge in [0.05, 0.1) is 6.61 Å². The average molecular weight is 380 g/mol. The molecule has 1 atom stereocenters. The molecule has 0 aromatic heterocycles. The third-order valence-electron chi connectivity index (χ3n) is 5.39. The molecule has 1 aromatic rings. The van der Waals surface area contributed by atoms with Crippen LogP contribution in [0.25, 0.3) is 0 Å². The fraction of sp³-hybridized carbons (Fsp3) is 0.650. The van der Waals surface area contributed by atoms with Crippen LogP contribution < -0.4 is 10.6 Å². The highest BCUT2D eigenvalue weighted by Gasteiger charge is 2.24. The van der Waals surface area contributed by atoms with E-state index in [9.17, 15) is 8.78 Å². The van der Waals surface area contributed by atoms with Crippen LogP contribution in [0.15, 0.2) is 23.2 Å². The molecule has 7 heteroatoms. The Balaban J connectivity index is 1.37. The first-order chi connectivity index (χ1) is 13.1. The summed E-state index contributed by atoms with van der Waals surface area (Å²) in [7, 11) is 1.73. The first-order valence-electron chi connectivity index (χ1n) is 9.85. The van der Waals surface area contributed by atoms with Gasteiger partial charge in [0.15, 0.2) is 5.96 Å². The van der Waals surface area contributed by atoms with E-state index in [0.29, 0.717) is 30.5 Å². The molecule has 0 radical (unpaired) electrons. The molecule has 2 heterocycles. The van der Waals surface area contributed by atoms with Gasteiger partial charge in [-0.05, 0) is 55.4 Å². The zero-order valence-corrected chi connectivity index (χ0v) is 16.0. The quantitative estimate of drug-likeness (QED) is 0.587. The van der Waals surface area contributed by atoms with Crippen LogP contribution in [-0.4, -0.2) is 63.3 Å². The highest BCUT2D eigenvalue weighted by molar-refractivity contribution is 5.79. The Morgan fingerprint density at radius 2 is 2.07 bits per heavy atom. The standard InChI is InChI=1S/C20H30F2N4O/c1-23-20(24-8-4-16-12-17(21)2-3-19(16)22)25-18-5-9-26(10-6-18)13-15-7-11-27-14-15/h2-3,12,15,18H,4-11,13-14H2,1H3,(H2,23,24,25). The van der Waals surface area contributed by atoms with Gasteiger partial charge in [-0.1, -0.05) is 0 Å². The molecule has 0 amide bonds. The number of piperidine rings is 1. The number of rotatable bonds is 6. The van der Waals surface area contributed by atoms with Crippen LogP contribution in [0.5, 0.6) is 0 Å². The van der Waals surface area contributed by atoms with Gasteiger partial charge in [0.1, 0.15) is 11.6 Å². The van der Waals surface area contributed by atoms with Gasteiger partial charge < -0.3 is 20.3 Å². The lowest BCUT2D eigenvalue weighted by molar-refractivity contribution is 0.150. The van der Waals surface area contributed by atoms with Crippen molar-refractivity contribution in [3.8, 4) is 0 Å². The largest absolute Gasteiger partial charge is 0.381 e. The molecule has 5 nitrogen and oxygen atoms in total. The van der Waals surface area contributed by atoms with E-state index in [2.05, 4.69) is 20.5 Å². The molecule has 1 unspecified atom stereocenters. The van der Waals surface area contributed by atoms with Crippen molar-refractivity contribution >= 4 is 5.96 Å². The van der Waals surface area contributed by atoms with Crippen molar-refractivity contribution in [1.82, 2.24) is 15.5 Å². The molecule has 0 spiro atoms. The number of aliphatic imine (C=N–C) groups is 1. The summed E-state index contributed by atoms with van der Waals surface area (Å²) in [6.45, 7) is 5.61. The third-order valence-corrected chi connectivity index (χ3v) is 5.39. The summed E-state index contributed by atoms with van der Waals surface area (Å²) in [4.78, 5) is 6.78. The van der Waals surface area contributed by atoms with Crippen LogP contribution in [0.2, 0.25) is 0 Å². The van der Waals surface area contributed by atoms with Crippen molar-refractivity contribution in [3.63, 3.8) is 0 Å². The summed E-state index contributed by atoms with van der Waals surface area (Å²) in [5.74, 6) is 0.618. The van der Waals surface area contributed by atoms with Crippen molar-refractivity contribution in [2.75, 3.05) is 46.4 Å². The number of nitrogens with zero attached hydrogens (tertiary/aromatic N) is 2. The Bertz CT molecular complexity index is 626. The Morgan fingerprint density at radius 1 is 1.26 bits per heavy atom. The van der Waals surface area contributed by atoms with Crippen LogP contribution in [0, 0.1) is 17.6 Å². The molecule has 2 aliphatic heterocycles. The Kier molecular flexibility index (Phi) is 7.41. The highest BCUT2D eigenvalue weighted by Crippen LogP contribution is 2.17. The normalized spacial score (nSPS) is 22.2. The molecule has 0 bridgehead atoms. The Hall–Kier alpha value is -1.73.